The summed E-state index contributed by atoms with van der Waals surface area (Å²) in [5, 5.41) is 1.99. The van der Waals surface area contributed by atoms with Crippen LogP contribution in [0.1, 0.15) is 71.3 Å². The van der Waals surface area contributed by atoms with Crippen molar-refractivity contribution in [1.29, 1.82) is 0 Å². The van der Waals surface area contributed by atoms with Gasteiger partial charge in [-0.05, 0) is 49.7 Å². The second-order valence-electron chi connectivity index (χ2n) is 9.23. The number of hydrogen-bond donors (Lipinski definition) is 1. The average Bonchev–Trinajstić information content (AvgIpc) is 3.34. The van der Waals surface area contributed by atoms with Gasteiger partial charge < -0.3 is 9.80 Å². The highest BCUT2D eigenvalue weighted by atomic mass is 32.2. The van der Waals surface area contributed by atoms with E-state index in [0.717, 1.165) is 50.5 Å². The predicted molar refractivity (Wildman–Crippen MR) is 134 cm³/mol. The Morgan fingerprint density at radius 2 is 1.79 bits per heavy atom. The molecule has 0 radical (unpaired) electrons. The quantitative estimate of drug-likeness (QED) is 0.623. The van der Waals surface area contributed by atoms with E-state index in [0.29, 0.717) is 19.0 Å². The maximum Gasteiger partial charge on any atom is 0.255 e. The van der Waals surface area contributed by atoms with E-state index in [1.165, 1.54) is 10.4 Å². The van der Waals surface area contributed by atoms with Crippen LogP contribution in [0.3, 0.4) is 0 Å². The minimum Gasteiger partial charge on any atom is -0.343 e. The highest BCUT2D eigenvalue weighted by molar-refractivity contribution is 7.88. The van der Waals surface area contributed by atoms with Crippen molar-refractivity contribution < 1.29 is 18.0 Å². The van der Waals surface area contributed by atoms with Crippen LogP contribution in [0.2, 0.25) is 0 Å². The lowest BCUT2D eigenvalue weighted by Crippen LogP contribution is -2.39. The monoisotopic (exact) mass is 503 g/mol. The molecule has 3 heterocycles. The lowest BCUT2D eigenvalue weighted by Gasteiger charge is -2.36. The minimum atomic E-state index is -3.28. The Balaban J connectivity index is 1.33. The molecule has 184 valence electrons. The number of carbonyl (C=O) groups is 2. The van der Waals surface area contributed by atoms with E-state index in [2.05, 4.69) is 22.9 Å². The van der Waals surface area contributed by atoms with Gasteiger partial charge in [-0.3, -0.25) is 9.59 Å². The van der Waals surface area contributed by atoms with Gasteiger partial charge >= 0.3 is 0 Å². The molecule has 7 nitrogen and oxygen atoms in total. The summed E-state index contributed by atoms with van der Waals surface area (Å²) in [4.78, 5) is 30.9. The molecule has 2 aliphatic heterocycles. The molecule has 1 aromatic heterocycles. The lowest BCUT2D eigenvalue weighted by atomic mass is 9.93. The van der Waals surface area contributed by atoms with Crippen molar-refractivity contribution in [3.63, 3.8) is 0 Å². The lowest BCUT2D eigenvalue weighted by molar-refractivity contribution is -0.132. The van der Waals surface area contributed by atoms with Gasteiger partial charge in [0.1, 0.15) is 0 Å². The van der Waals surface area contributed by atoms with Crippen LogP contribution in [-0.4, -0.2) is 62.5 Å². The fraction of sp³-hybridized carbons (Fsp3) is 0.520. The molecular formula is C25H33N3O4S2. The summed E-state index contributed by atoms with van der Waals surface area (Å²) in [5.41, 5.74) is 1.97. The number of carbonyl (C=O) groups excluding carboxylic acids is 2. The zero-order valence-electron chi connectivity index (χ0n) is 19.6. The van der Waals surface area contributed by atoms with Gasteiger partial charge in [0.25, 0.3) is 5.91 Å². The Hall–Kier alpha value is -2.23. The Labute approximate surface area is 206 Å². The molecule has 2 aromatic rings. The largest absolute Gasteiger partial charge is 0.343 e. The maximum absolute atomic E-state index is 13.4. The summed E-state index contributed by atoms with van der Waals surface area (Å²) in [5.74, 6) is 0.437. The minimum absolute atomic E-state index is 0.0197. The topological polar surface area (TPSA) is 86.8 Å². The van der Waals surface area contributed by atoms with E-state index in [1.54, 1.807) is 11.3 Å². The standard InChI is InChI=1S/C25H33N3O4S2/c1-34(31,32)26-13-10-24(29)27-15-11-20(12-16-27)23-17-21(18-33-23)25(30)28-14-6-5-9-22(28)19-7-3-2-4-8-19/h2-4,7-8,17-18,20,22,26H,5-6,9-16H2,1H3. The first kappa shape index (κ1) is 24.9. The molecule has 4 rings (SSSR count). The van der Waals surface area contributed by atoms with Crippen LogP contribution < -0.4 is 4.72 Å². The number of amides is 2. The smallest absolute Gasteiger partial charge is 0.255 e. The first-order valence-electron chi connectivity index (χ1n) is 12.0. The molecule has 0 saturated carbocycles. The fourth-order valence-corrected chi connectivity index (χ4v) is 6.48. The molecule has 1 N–H and O–H groups in total. The van der Waals surface area contributed by atoms with Crippen LogP contribution in [0.15, 0.2) is 41.8 Å². The molecule has 34 heavy (non-hydrogen) atoms. The molecule has 9 heteroatoms. The van der Waals surface area contributed by atoms with Gasteiger partial charge in [0.2, 0.25) is 15.9 Å². The maximum atomic E-state index is 13.4. The van der Waals surface area contributed by atoms with Crippen molar-refractivity contribution in [2.45, 2.75) is 50.5 Å². The number of thiophene rings is 1. The third-order valence-electron chi connectivity index (χ3n) is 6.77. The van der Waals surface area contributed by atoms with Crippen LogP contribution in [0.25, 0.3) is 0 Å². The summed E-state index contributed by atoms with van der Waals surface area (Å²) in [6, 6.07) is 12.5. The van der Waals surface area contributed by atoms with E-state index in [4.69, 9.17) is 0 Å². The Morgan fingerprint density at radius 1 is 1.06 bits per heavy atom. The van der Waals surface area contributed by atoms with E-state index >= 15 is 0 Å². The van der Waals surface area contributed by atoms with Gasteiger partial charge in [-0.1, -0.05) is 30.3 Å². The van der Waals surface area contributed by atoms with E-state index in [1.807, 2.05) is 33.4 Å². The molecule has 1 atom stereocenters. The summed E-state index contributed by atoms with van der Waals surface area (Å²) < 4.78 is 24.7. The SMILES string of the molecule is CS(=O)(=O)NCCC(=O)N1CCC(c2cc(C(=O)N3CCCCC3c3ccccc3)cs2)CC1. The number of nitrogens with zero attached hydrogens (tertiary/aromatic N) is 2. The van der Waals surface area contributed by atoms with E-state index in [-0.39, 0.29) is 30.8 Å². The highest BCUT2D eigenvalue weighted by Crippen LogP contribution is 2.36. The van der Waals surface area contributed by atoms with E-state index in [9.17, 15) is 18.0 Å². The van der Waals surface area contributed by atoms with Gasteiger partial charge in [-0.15, -0.1) is 11.3 Å². The van der Waals surface area contributed by atoms with Crippen molar-refractivity contribution in [3.8, 4) is 0 Å². The fourth-order valence-electron chi connectivity index (χ4n) is 4.96. The Bertz CT molecular complexity index is 1090. The van der Waals surface area contributed by atoms with Crippen LogP contribution in [0.4, 0.5) is 0 Å². The average molecular weight is 504 g/mol. The summed E-state index contributed by atoms with van der Waals surface area (Å²) in [7, 11) is -3.28. The van der Waals surface area contributed by atoms with Gasteiger partial charge in [0.05, 0.1) is 17.9 Å². The number of hydrogen-bond acceptors (Lipinski definition) is 5. The summed E-state index contributed by atoms with van der Waals surface area (Å²) >= 11 is 1.64. The third-order valence-corrected chi connectivity index (χ3v) is 8.59. The number of likely N-dealkylation sites (tertiary alicyclic amines) is 2. The number of nitrogens with one attached hydrogen (secondary N) is 1. The van der Waals surface area contributed by atoms with Crippen molar-refractivity contribution in [1.82, 2.24) is 14.5 Å². The van der Waals surface area contributed by atoms with Crippen molar-refractivity contribution in [3.05, 3.63) is 57.8 Å². The number of sulfonamides is 1. The van der Waals surface area contributed by atoms with Gasteiger partial charge in [-0.2, -0.15) is 0 Å². The first-order valence-corrected chi connectivity index (χ1v) is 14.8. The normalized spacial score (nSPS) is 19.9. The van der Waals surface area contributed by atoms with Crippen molar-refractivity contribution in [2.75, 3.05) is 32.4 Å². The highest BCUT2D eigenvalue weighted by Gasteiger charge is 2.30. The number of rotatable bonds is 7. The molecule has 0 aliphatic carbocycles. The van der Waals surface area contributed by atoms with Crippen molar-refractivity contribution >= 4 is 33.2 Å². The van der Waals surface area contributed by atoms with Crippen LogP contribution in [-0.2, 0) is 14.8 Å². The molecule has 1 unspecified atom stereocenters. The van der Waals surface area contributed by atoms with Crippen LogP contribution in [0, 0.1) is 0 Å². The van der Waals surface area contributed by atoms with Gasteiger partial charge in [-0.25, -0.2) is 13.1 Å². The molecule has 2 aliphatic rings. The van der Waals surface area contributed by atoms with Gasteiger partial charge in [0, 0.05) is 42.9 Å². The zero-order valence-corrected chi connectivity index (χ0v) is 21.2. The second-order valence-corrected chi connectivity index (χ2v) is 12.0. The Kier molecular flexibility index (Phi) is 8.06. The molecule has 1 aromatic carbocycles. The number of piperidine rings is 2. The molecule has 2 saturated heterocycles. The van der Waals surface area contributed by atoms with E-state index < -0.39 is 10.0 Å². The molecule has 0 bridgehead atoms. The summed E-state index contributed by atoms with van der Waals surface area (Å²) in [6.07, 6.45) is 6.16. The van der Waals surface area contributed by atoms with Crippen LogP contribution in [0.5, 0.6) is 0 Å². The molecular weight excluding hydrogens is 470 g/mol. The zero-order chi connectivity index (χ0) is 24.1. The third kappa shape index (κ3) is 6.25. The molecule has 2 amide bonds. The first-order chi connectivity index (χ1) is 16.3. The van der Waals surface area contributed by atoms with Crippen LogP contribution >= 0.6 is 11.3 Å². The van der Waals surface area contributed by atoms with Crippen molar-refractivity contribution in [2.24, 2.45) is 0 Å². The molecule has 2 fully saturated rings. The van der Waals surface area contributed by atoms with Gasteiger partial charge in [0.15, 0.2) is 0 Å². The Morgan fingerprint density at radius 3 is 2.50 bits per heavy atom. The predicted octanol–water partition coefficient (Wildman–Crippen LogP) is 3.76. The number of benzene rings is 1. The second kappa shape index (κ2) is 11.0. The molecule has 0 spiro atoms. The summed E-state index contributed by atoms with van der Waals surface area (Å²) in [6.45, 7) is 2.24.